The molecule has 8 nitrogen and oxygen atoms in total. The second-order valence-electron chi connectivity index (χ2n) is 7.79. The number of benzene rings is 1. The molecule has 0 unspecified atom stereocenters. The summed E-state index contributed by atoms with van der Waals surface area (Å²) in [4.78, 5) is 43.1. The lowest BCUT2D eigenvalue weighted by molar-refractivity contribution is -0.131. The van der Waals surface area contributed by atoms with Gasteiger partial charge in [0.15, 0.2) is 11.6 Å². The van der Waals surface area contributed by atoms with Gasteiger partial charge in [-0.05, 0) is 36.6 Å². The number of aromatic carboxylic acids is 1. The standard InChI is InChI=1S/C22H23F3N4O4.ClH/c23-16-11-18(25)17(24)9-14(16)8-15(26)10-20(30)28-4-1-5-29(7-6-28)21(31)13-2-3-19(22(32)33)27-12-13;/h2-3,9,11-12,15H,1,4-8,10,26H2,(H,32,33);1H/t15-;/m1./s1. The average molecular weight is 501 g/mol. The maximum Gasteiger partial charge on any atom is 0.354 e. The molecule has 34 heavy (non-hydrogen) atoms. The van der Waals surface area contributed by atoms with Gasteiger partial charge in [0.2, 0.25) is 5.91 Å². The second kappa shape index (κ2) is 11.8. The van der Waals surface area contributed by atoms with Crippen LogP contribution in [0.1, 0.15) is 39.3 Å². The number of carboxylic acid groups (broad SMARTS) is 1. The van der Waals surface area contributed by atoms with Crippen LogP contribution in [0.3, 0.4) is 0 Å². The zero-order valence-electron chi connectivity index (χ0n) is 18.0. The Morgan fingerprint density at radius 3 is 2.29 bits per heavy atom. The van der Waals surface area contributed by atoms with E-state index in [1.54, 1.807) is 9.80 Å². The molecule has 2 heterocycles. The van der Waals surface area contributed by atoms with E-state index >= 15 is 0 Å². The summed E-state index contributed by atoms with van der Waals surface area (Å²) in [5.74, 6) is -5.20. The van der Waals surface area contributed by atoms with Crippen LogP contribution in [0.5, 0.6) is 0 Å². The molecule has 0 saturated carbocycles. The molecule has 3 N–H and O–H groups in total. The van der Waals surface area contributed by atoms with Crippen molar-refractivity contribution in [2.24, 2.45) is 5.73 Å². The van der Waals surface area contributed by atoms with E-state index in [1.165, 1.54) is 18.3 Å². The highest BCUT2D eigenvalue weighted by Crippen LogP contribution is 2.17. The zero-order chi connectivity index (χ0) is 24.1. The Morgan fingerprint density at radius 2 is 1.65 bits per heavy atom. The molecule has 1 atom stereocenters. The lowest BCUT2D eigenvalue weighted by Gasteiger charge is -2.23. The van der Waals surface area contributed by atoms with Gasteiger partial charge in [0.25, 0.3) is 5.91 Å². The van der Waals surface area contributed by atoms with Gasteiger partial charge in [-0.15, -0.1) is 12.4 Å². The Bertz CT molecular complexity index is 1060. The number of halogens is 4. The van der Waals surface area contributed by atoms with Crippen molar-refractivity contribution in [1.82, 2.24) is 14.8 Å². The number of carbonyl (C=O) groups is 3. The van der Waals surface area contributed by atoms with Crippen LogP contribution in [0.2, 0.25) is 0 Å². The van der Waals surface area contributed by atoms with Gasteiger partial charge in [-0.3, -0.25) is 9.59 Å². The summed E-state index contributed by atoms with van der Waals surface area (Å²) in [5, 5.41) is 8.91. The molecule has 3 rings (SSSR count). The Kier molecular flexibility index (Phi) is 9.39. The smallest absolute Gasteiger partial charge is 0.354 e. The first-order chi connectivity index (χ1) is 15.7. The molecule has 12 heteroatoms. The highest BCUT2D eigenvalue weighted by atomic mass is 35.5. The first kappa shape index (κ1) is 27.1. The monoisotopic (exact) mass is 500 g/mol. The fraction of sp³-hybridized carbons (Fsp3) is 0.364. The SMILES string of the molecule is Cl.N[C@@H](CC(=O)N1CCCN(C(=O)c2ccc(C(=O)O)nc2)CC1)Cc1cc(F)c(F)cc1F. The summed E-state index contributed by atoms with van der Waals surface area (Å²) in [6.45, 7) is 1.32. The highest BCUT2D eigenvalue weighted by Gasteiger charge is 2.25. The molecule has 1 saturated heterocycles. The van der Waals surface area contributed by atoms with Crippen molar-refractivity contribution < 1.29 is 32.7 Å². The molecule has 0 aliphatic carbocycles. The summed E-state index contributed by atoms with van der Waals surface area (Å²) >= 11 is 0. The number of aromatic nitrogens is 1. The molecule has 2 amide bonds. The van der Waals surface area contributed by atoms with E-state index in [1.807, 2.05) is 0 Å². The summed E-state index contributed by atoms with van der Waals surface area (Å²) in [7, 11) is 0. The Hall–Kier alpha value is -3.18. The Balaban J connectivity index is 0.00000408. The summed E-state index contributed by atoms with van der Waals surface area (Å²) < 4.78 is 40.3. The molecule has 0 bridgehead atoms. The predicted octanol–water partition coefficient (Wildman–Crippen LogP) is 2.25. The summed E-state index contributed by atoms with van der Waals surface area (Å²) in [6, 6.07) is 3.03. The van der Waals surface area contributed by atoms with E-state index in [0.717, 1.165) is 6.07 Å². The molecule has 0 spiro atoms. The van der Waals surface area contributed by atoms with Crippen molar-refractivity contribution >= 4 is 30.2 Å². The van der Waals surface area contributed by atoms with Crippen LogP contribution in [-0.4, -0.2) is 69.9 Å². The average Bonchev–Trinajstić information content (AvgIpc) is 3.03. The number of nitrogens with two attached hydrogens (primary N) is 1. The van der Waals surface area contributed by atoms with Crippen LogP contribution in [0.4, 0.5) is 13.2 Å². The molecule has 1 aliphatic rings. The number of amides is 2. The van der Waals surface area contributed by atoms with Crippen LogP contribution in [0.15, 0.2) is 30.5 Å². The molecule has 1 aromatic carbocycles. The van der Waals surface area contributed by atoms with Gasteiger partial charge in [-0.25, -0.2) is 22.9 Å². The van der Waals surface area contributed by atoms with Crippen molar-refractivity contribution in [3.63, 3.8) is 0 Å². The summed E-state index contributed by atoms with van der Waals surface area (Å²) in [6.07, 6.45) is 1.47. The van der Waals surface area contributed by atoms with Crippen LogP contribution in [-0.2, 0) is 11.2 Å². The van der Waals surface area contributed by atoms with E-state index in [0.29, 0.717) is 25.6 Å². The number of hydrogen-bond donors (Lipinski definition) is 2. The van der Waals surface area contributed by atoms with E-state index in [9.17, 15) is 27.6 Å². The quantitative estimate of drug-likeness (QED) is 0.588. The maximum atomic E-state index is 13.8. The maximum absolute atomic E-state index is 13.8. The van der Waals surface area contributed by atoms with Crippen LogP contribution < -0.4 is 5.73 Å². The fourth-order valence-electron chi connectivity index (χ4n) is 3.63. The predicted molar refractivity (Wildman–Crippen MR) is 118 cm³/mol. The second-order valence-corrected chi connectivity index (χ2v) is 7.79. The third-order valence-corrected chi connectivity index (χ3v) is 5.37. The van der Waals surface area contributed by atoms with E-state index in [-0.39, 0.29) is 67.0 Å². The van der Waals surface area contributed by atoms with Crippen LogP contribution in [0, 0.1) is 17.5 Å². The summed E-state index contributed by atoms with van der Waals surface area (Å²) in [5.41, 5.74) is 5.92. The molecular weight excluding hydrogens is 477 g/mol. The lowest BCUT2D eigenvalue weighted by atomic mass is 10.0. The minimum Gasteiger partial charge on any atom is -0.477 e. The van der Waals surface area contributed by atoms with Gasteiger partial charge in [0, 0.05) is 50.9 Å². The highest BCUT2D eigenvalue weighted by molar-refractivity contribution is 5.95. The number of hydrogen-bond acceptors (Lipinski definition) is 5. The first-order valence-electron chi connectivity index (χ1n) is 10.3. The Morgan fingerprint density at radius 1 is 1.00 bits per heavy atom. The fourth-order valence-corrected chi connectivity index (χ4v) is 3.63. The van der Waals surface area contributed by atoms with Crippen molar-refractivity contribution in [1.29, 1.82) is 0 Å². The van der Waals surface area contributed by atoms with Gasteiger partial charge in [-0.1, -0.05) is 0 Å². The van der Waals surface area contributed by atoms with Gasteiger partial charge in [-0.2, -0.15) is 0 Å². The van der Waals surface area contributed by atoms with Gasteiger partial charge in [0.1, 0.15) is 11.5 Å². The van der Waals surface area contributed by atoms with Crippen molar-refractivity contribution in [3.8, 4) is 0 Å². The molecule has 1 fully saturated rings. The minimum atomic E-state index is -1.29. The molecule has 1 aliphatic heterocycles. The van der Waals surface area contributed by atoms with Crippen LogP contribution >= 0.6 is 12.4 Å². The minimum absolute atomic E-state index is 0. The number of pyridine rings is 1. The molecule has 0 radical (unpaired) electrons. The van der Waals surface area contributed by atoms with Crippen molar-refractivity contribution in [2.75, 3.05) is 26.2 Å². The number of rotatable bonds is 6. The van der Waals surface area contributed by atoms with E-state index in [2.05, 4.69) is 4.98 Å². The third kappa shape index (κ3) is 6.67. The van der Waals surface area contributed by atoms with Crippen molar-refractivity contribution in [3.05, 3.63) is 64.7 Å². The van der Waals surface area contributed by atoms with Gasteiger partial charge in [0.05, 0.1) is 5.56 Å². The molecular formula is C22H24ClF3N4O4. The van der Waals surface area contributed by atoms with E-state index in [4.69, 9.17) is 10.8 Å². The number of carbonyl (C=O) groups excluding carboxylic acids is 2. The van der Waals surface area contributed by atoms with Gasteiger partial charge >= 0.3 is 5.97 Å². The van der Waals surface area contributed by atoms with Gasteiger partial charge < -0.3 is 20.6 Å². The topological polar surface area (TPSA) is 117 Å². The lowest BCUT2D eigenvalue weighted by Crippen LogP contribution is -2.40. The van der Waals surface area contributed by atoms with Crippen molar-refractivity contribution in [2.45, 2.75) is 25.3 Å². The number of carboxylic acids is 1. The van der Waals surface area contributed by atoms with E-state index < -0.39 is 29.5 Å². The molecule has 184 valence electrons. The largest absolute Gasteiger partial charge is 0.477 e. The number of nitrogens with zero attached hydrogens (tertiary/aromatic N) is 3. The molecule has 2 aromatic rings. The normalized spacial score (nSPS) is 14.7. The first-order valence-corrected chi connectivity index (χ1v) is 10.3. The van der Waals surface area contributed by atoms with Crippen LogP contribution in [0.25, 0.3) is 0 Å². The molecule has 1 aromatic heterocycles. The zero-order valence-corrected chi connectivity index (χ0v) is 18.9. The third-order valence-electron chi connectivity index (χ3n) is 5.37. The Labute approximate surface area is 200 Å².